The highest BCUT2D eigenvalue weighted by Crippen LogP contribution is 2.23. The van der Waals surface area contributed by atoms with Crippen LogP contribution >= 0.6 is 0 Å². The van der Waals surface area contributed by atoms with E-state index in [2.05, 4.69) is 20.9 Å². The Bertz CT molecular complexity index is 867. The molecule has 1 saturated carbocycles. The molecule has 2 atom stereocenters. The average Bonchev–Trinajstić information content (AvgIpc) is 3.49. The second kappa shape index (κ2) is 9.23. The summed E-state index contributed by atoms with van der Waals surface area (Å²) in [4.78, 5) is 26.5. The van der Waals surface area contributed by atoms with Crippen LogP contribution in [0.2, 0.25) is 0 Å². The summed E-state index contributed by atoms with van der Waals surface area (Å²) in [5.41, 5.74) is 1.18. The highest BCUT2D eigenvalue weighted by molar-refractivity contribution is 5.91. The Morgan fingerprint density at radius 3 is 2.70 bits per heavy atom. The topological polar surface area (TPSA) is 92.2 Å². The van der Waals surface area contributed by atoms with E-state index in [1.165, 1.54) is 4.68 Å². The number of amides is 3. The molecule has 0 unspecified atom stereocenters. The third-order valence-electron chi connectivity index (χ3n) is 5.77. The molecule has 2 fully saturated rings. The highest BCUT2D eigenvalue weighted by Gasteiger charge is 2.36. The number of carbonyl (C=O) groups excluding carboxylic acids is 2. The average molecular weight is 414 g/mol. The lowest BCUT2D eigenvalue weighted by atomic mass is 10.2. The molecular weight excluding hydrogens is 387 g/mol. The molecule has 1 aromatic carbocycles. The molecule has 2 N–H and O–H groups in total. The molecule has 0 bridgehead atoms. The number of hydrogen-bond acceptors (Lipinski definition) is 4. The molecule has 3 amide bonds. The third-order valence-corrected chi connectivity index (χ3v) is 5.77. The molecule has 8 nitrogen and oxygen atoms in total. The largest absolute Gasteiger partial charge is 0.347 e. The standard InChI is InChI=1S/C21H27FN6O2/c22-16-10-18(28(12-16)21(30)24-17-8-4-5-9-17)13-27-14-19(25-26-27)20(29)23-11-15-6-2-1-3-7-15/h1-3,6-7,14,16-18H,4-5,8-13H2,(H,23,29)(H,24,30)/t16-,18-/m0/s1. The normalized spacial score (nSPS) is 21.7. The molecule has 1 aliphatic carbocycles. The van der Waals surface area contributed by atoms with Crippen molar-refractivity contribution in [2.45, 2.75) is 63.4 Å². The third kappa shape index (κ3) is 4.95. The minimum Gasteiger partial charge on any atom is -0.347 e. The van der Waals surface area contributed by atoms with Gasteiger partial charge in [0.1, 0.15) is 6.17 Å². The van der Waals surface area contributed by atoms with Crippen LogP contribution in [-0.4, -0.2) is 56.6 Å². The number of hydrogen-bond donors (Lipinski definition) is 2. The molecule has 1 aliphatic heterocycles. The van der Waals surface area contributed by atoms with Crippen molar-refractivity contribution in [3.63, 3.8) is 0 Å². The van der Waals surface area contributed by atoms with E-state index in [1.807, 2.05) is 30.3 Å². The van der Waals surface area contributed by atoms with E-state index in [4.69, 9.17) is 0 Å². The quantitative estimate of drug-likeness (QED) is 0.759. The van der Waals surface area contributed by atoms with Crippen LogP contribution in [0.15, 0.2) is 36.5 Å². The van der Waals surface area contributed by atoms with E-state index in [0.717, 1.165) is 31.2 Å². The van der Waals surface area contributed by atoms with Crippen LogP contribution in [0, 0.1) is 0 Å². The van der Waals surface area contributed by atoms with Crippen LogP contribution in [0.5, 0.6) is 0 Å². The number of rotatable bonds is 6. The van der Waals surface area contributed by atoms with E-state index in [9.17, 15) is 14.0 Å². The molecule has 0 spiro atoms. The maximum absolute atomic E-state index is 14.1. The first-order valence-electron chi connectivity index (χ1n) is 10.5. The SMILES string of the molecule is O=C(NCc1ccccc1)c1cn(C[C@@H]2C[C@H](F)CN2C(=O)NC2CCCC2)nn1. The molecule has 30 heavy (non-hydrogen) atoms. The van der Waals surface area contributed by atoms with E-state index < -0.39 is 6.17 Å². The molecule has 0 radical (unpaired) electrons. The van der Waals surface area contributed by atoms with E-state index in [-0.39, 0.29) is 42.7 Å². The lowest BCUT2D eigenvalue weighted by Gasteiger charge is -2.26. The molecular formula is C21H27FN6O2. The first-order chi connectivity index (χ1) is 14.6. The number of aromatic nitrogens is 3. The fourth-order valence-corrected chi connectivity index (χ4v) is 4.19. The number of alkyl halides is 1. The van der Waals surface area contributed by atoms with Gasteiger partial charge in [-0.25, -0.2) is 13.9 Å². The maximum atomic E-state index is 14.1. The number of halogens is 1. The predicted molar refractivity (Wildman–Crippen MR) is 108 cm³/mol. The number of nitrogens with one attached hydrogen (secondary N) is 2. The predicted octanol–water partition coefficient (Wildman–Crippen LogP) is 2.27. The Kier molecular flexibility index (Phi) is 6.25. The van der Waals surface area contributed by atoms with Crippen molar-refractivity contribution >= 4 is 11.9 Å². The van der Waals surface area contributed by atoms with Crippen molar-refractivity contribution in [1.29, 1.82) is 0 Å². The summed E-state index contributed by atoms with van der Waals surface area (Å²) in [6.45, 7) is 0.785. The van der Waals surface area contributed by atoms with Crippen molar-refractivity contribution in [3.8, 4) is 0 Å². The minimum absolute atomic E-state index is 0.0857. The van der Waals surface area contributed by atoms with Gasteiger partial charge in [-0.2, -0.15) is 0 Å². The Hall–Kier alpha value is -2.97. The van der Waals surface area contributed by atoms with Crippen molar-refractivity contribution in [2.24, 2.45) is 0 Å². The summed E-state index contributed by atoms with van der Waals surface area (Å²) < 4.78 is 15.6. The molecule has 2 heterocycles. The van der Waals surface area contributed by atoms with Gasteiger partial charge in [0.15, 0.2) is 5.69 Å². The lowest BCUT2D eigenvalue weighted by Crippen LogP contribution is -2.47. The summed E-state index contributed by atoms with van der Waals surface area (Å²) in [6, 6.07) is 9.24. The van der Waals surface area contributed by atoms with Crippen molar-refractivity contribution in [3.05, 3.63) is 47.8 Å². The molecule has 1 saturated heterocycles. The zero-order valence-corrected chi connectivity index (χ0v) is 16.8. The fourth-order valence-electron chi connectivity index (χ4n) is 4.19. The first kappa shape index (κ1) is 20.3. The van der Waals surface area contributed by atoms with Gasteiger partial charge in [0.05, 0.1) is 25.3 Å². The van der Waals surface area contributed by atoms with Crippen LogP contribution < -0.4 is 10.6 Å². The van der Waals surface area contributed by atoms with Gasteiger partial charge in [0.2, 0.25) is 0 Å². The Morgan fingerprint density at radius 2 is 1.93 bits per heavy atom. The van der Waals surface area contributed by atoms with Gasteiger partial charge in [-0.3, -0.25) is 4.79 Å². The summed E-state index contributed by atoms with van der Waals surface area (Å²) >= 11 is 0. The van der Waals surface area contributed by atoms with Gasteiger partial charge in [-0.1, -0.05) is 48.4 Å². The van der Waals surface area contributed by atoms with Gasteiger partial charge >= 0.3 is 6.03 Å². The van der Waals surface area contributed by atoms with Crippen LogP contribution in [0.1, 0.15) is 48.2 Å². The van der Waals surface area contributed by atoms with Crippen LogP contribution in [-0.2, 0) is 13.1 Å². The lowest BCUT2D eigenvalue weighted by molar-refractivity contribution is 0.0945. The van der Waals surface area contributed by atoms with Crippen molar-refractivity contribution in [2.75, 3.05) is 6.54 Å². The van der Waals surface area contributed by atoms with E-state index in [1.54, 1.807) is 11.1 Å². The van der Waals surface area contributed by atoms with Crippen LogP contribution in [0.25, 0.3) is 0 Å². The number of nitrogens with zero attached hydrogens (tertiary/aromatic N) is 4. The Morgan fingerprint density at radius 1 is 1.17 bits per heavy atom. The summed E-state index contributed by atoms with van der Waals surface area (Å²) in [5.74, 6) is -0.323. The molecule has 160 valence electrons. The molecule has 2 aliphatic rings. The monoisotopic (exact) mass is 414 g/mol. The number of likely N-dealkylation sites (tertiary alicyclic amines) is 1. The van der Waals surface area contributed by atoms with Gasteiger partial charge in [0, 0.05) is 19.0 Å². The molecule has 1 aromatic heterocycles. The van der Waals surface area contributed by atoms with Crippen LogP contribution in [0.3, 0.4) is 0 Å². The Labute approximate surface area is 174 Å². The highest BCUT2D eigenvalue weighted by atomic mass is 19.1. The number of benzene rings is 1. The molecule has 9 heteroatoms. The first-order valence-corrected chi connectivity index (χ1v) is 10.5. The van der Waals surface area contributed by atoms with Crippen LogP contribution in [0.4, 0.5) is 9.18 Å². The number of carbonyl (C=O) groups is 2. The summed E-state index contributed by atoms with van der Waals surface area (Å²) in [5, 5.41) is 13.8. The van der Waals surface area contributed by atoms with Gasteiger partial charge in [0.25, 0.3) is 5.91 Å². The van der Waals surface area contributed by atoms with E-state index in [0.29, 0.717) is 13.1 Å². The zero-order valence-electron chi connectivity index (χ0n) is 16.8. The molecule has 4 rings (SSSR count). The summed E-state index contributed by atoms with van der Waals surface area (Å²) in [7, 11) is 0. The van der Waals surface area contributed by atoms with Gasteiger partial charge < -0.3 is 15.5 Å². The Balaban J connectivity index is 1.33. The smallest absolute Gasteiger partial charge is 0.318 e. The van der Waals surface area contributed by atoms with Crippen molar-refractivity contribution < 1.29 is 14.0 Å². The molecule has 2 aromatic rings. The fraction of sp³-hybridized carbons (Fsp3) is 0.524. The minimum atomic E-state index is -1.05. The van der Waals surface area contributed by atoms with E-state index >= 15 is 0 Å². The van der Waals surface area contributed by atoms with Gasteiger partial charge in [-0.05, 0) is 18.4 Å². The maximum Gasteiger partial charge on any atom is 0.318 e. The second-order valence-corrected chi connectivity index (χ2v) is 8.06. The van der Waals surface area contributed by atoms with Crippen molar-refractivity contribution in [1.82, 2.24) is 30.5 Å². The number of urea groups is 1. The summed E-state index contributed by atoms with van der Waals surface area (Å²) in [6.07, 6.45) is 4.94. The van der Waals surface area contributed by atoms with Gasteiger partial charge in [-0.15, -0.1) is 5.10 Å². The second-order valence-electron chi connectivity index (χ2n) is 8.06. The zero-order chi connectivity index (χ0) is 20.9.